The first-order valence-electron chi connectivity index (χ1n) is 10.6. The number of esters is 2. The zero-order valence-electron chi connectivity index (χ0n) is 19.2. The number of rotatable bonds is 13. The van der Waals surface area contributed by atoms with Crippen molar-refractivity contribution in [1.82, 2.24) is 4.57 Å². The fourth-order valence-corrected chi connectivity index (χ4v) is 3.01. The first-order valence-corrected chi connectivity index (χ1v) is 10.6. The summed E-state index contributed by atoms with van der Waals surface area (Å²) in [6.07, 6.45) is 1.47. The van der Waals surface area contributed by atoms with E-state index in [-0.39, 0.29) is 42.7 Å². The lowest BCUT2D eigenvalue weighted by molar-refractivity contribution is -0.139. The van der Waals surface area contributed by atoms with Crippen LogP contribution in [0.15, 0.2) is 24.3 Å². The first kappa shape index (κ1) is 25.6. The summed E-state index contributed by atoms with van der Waals surface area (Å²) in [5.41, 5.74) is 0.104. The minimum atomic E-state index is -1.26. The van der Waals surface area contributed by atoms with Crippen LogP contribution in [0, 0.1) is 0 Å². The maximum absolute atomic E-state index is 13.0. The molecule has 0 atom stereocenters. The number of aromatic nitrogens is 1. The maximum Gasteiger partial charge on any atom is 0.359 e. The van der Waals surface area contributed by atoms with Crippen molar-refractivity contribution in [3.63, 3.8) is 0 Å². The number of methoxy groups -OCH3 is 1. The van der Waals surface area contributed by atoms with E-state index in [0.29, 0.717) is 17.9 Å². The molecule has 180 valence electrons. The molecule has 0 saturated heterocycles. The molecule has 10 nitrogen and oxygen atoms in total. The van der Waals surface area contributed by atoms with Crippen molar-refractivity contribution in [1.29, 1.82) is 0 Å². The predicted molar refractivity (Wildman–Crippen MR) is 118 cm³/mol. The molecule has 0 aliphatic rings. The van der Waals surface area contributed by atoms with Gasteiger partial charge in [-0.15, -0.1) is 0 Å². The molecule has 10 heteroatoms. The number of carbonyl (C=O) groups excluding carboxylic acids is 2. The Morgan fingerprint density at radius 1 is 0.879 bits per heavy atom. The van der Waals surface area contributed by atoms with Crippen LogP contribution in [0.5, 0.6) is 17.2 Å². The van der Waals surface area contributed by atoms with E-state index in [2.05, 4.69) is 0 Å². The van der Waals surface area contributed by atoms with E-state index in [1.165, 1.54) is 11.7 Å². The van der Waals surface area contributed by atoms with Gasteiger partial charge in [0.25, 0.3) is 0 Å². The highest BCUT2D eigenvalue weighted by Gasteiger charge is 2.36. The predicted octanol–water partition coefficient (Wildman–Crippen LogP) is 3.48. The molecule has 0 amide bonds. The van der Waals surface area contributed by atoms with Gasteiger partial charge in [0.15, 0.2) is 29.5 Å². The summed E-state index contributed by atoms with van der Waals surface area (Å²) in [6.45, 7) is 4.80. The Hall–Kier alpha value is -3.69. The largest absolute Gasteiger partial charge is 0.497 e. The highest BCUT2D eigenvalue weighted by Crippen LogP contribution is 2.41. The molecule has 2 aromatic rings. The van der Waals surface area contributed by atoms with Gasteiger partial charge in [-0.3, -0.25) is 4.57 Å². The maximum atomic E-state index is 13.0. The van der Waals surface area contributed by atoms with Gasteiger partial charge >= 0.3 is 17.9 Å². The molecule has 1 heterocycles. The number of benzene rings is 1. The van der Waals surface area contributed by atoms with Gasteiger partial charge in [-0.25, -0.2) is 14.4 Å². The Morgan fingerprint density at radius 2 is 1.42 bits per heavy atom. The SMILES string of the molecule is CCCCOc1c(OCC(=O)O)c(C(=O)OCC)n(-c2ccc(OC)cc2)c1C(=O)OCC. The molecule has 1 N–H and O–H groups in total. The molecular weight excluding hydrogens is 434 g/mol. The van der Waals surface area contributed by atoms with Crippen LogP contribution in [0.25, 0.3) is 5.69 Å². The van der Waals surface area contributed by atoms with Gasteiger partial charge in [0.2, 0.25) is 0 Å². The van der Waals surface area contributed by atoms with Crippen molar-refractivity contribution < 1.29 is 43.2 Å². The number of aliphatic carboxylic acids is 1. The lowest BCUT2D eigenvalue weighted by atomic mass is 10.2. The molecule has 0 bridgehead atoms. The fourth-order valence-electron chi connectivity index (χ4n) is 3.01. The number of carbonyl (C=O) groups is 3. The third-order valence-corrected chi connectivity index (χ3v) is 4.44. The molecule has 0 saturated carbocycles. The van der Waals surface area contributed by atoms with E-state index < -0.39 is 24.5 Å². The summed E-state index contributed by atoms with van der Waals surface area (Å²) in [7, 11) is 1.51. The second-order valence-electron chi connectivity index (χ2n) is 6.71. The number of unbranched alkanes of at least 4 members (excludes halogenated alkanes) is 1. The number of nitrogens with zero attached hydrogens (tertiary/aromatic N) is 1. The third kappa shape index (κ3) is 6.18. The van der Waals surface area contributed by atoms with Gasteiger partial charge in [0, 0.05) is 5.69 Å². The number of ether oxygens (including phenoxy) is 5. The van der Waals surface area contributed by atoms with Crippen LogP contribution < -0.4 is 14.2 Å². The van der Waals surface area contributed by atoms with E-state index in [4.69, 9.17) is 28.8 Å². The Balaban J connectivity index is 2.86. The van der Waals surface area contributed by atoms with E-state index >= 15 is 0 Å². The topological polar surface area (TPSA) is 123 Å². The summed E-state index contributed by atoms with van der Waals surface area (Å²) >= 11 is 0. The molecule has 0 radical (unpaired) electrons. The van der Waals surface area contributed by atoms with E-state index in [1.807, 2.05) is 6.92 Å². The summed E-state index contributed by atoms with van der Waals surface area (Å²) in [5.74, 6) is -2.57. The highest BCUT2D eigenvalue weighted by molar-refractivity contribution is 6.01. The molecule has 2 rings (SSSR count). The quantitative estimate of drug-likeness (QED) is 0.351. The van der Waals surface area contributed by atoms with Crippen LogP contribution in [0.2, 0.25) is 0 Å². The van der Waals surface area contributed by atoms with Crippen molar-refractivity contribution >= 4 is 17.9 Å². The number of carboxylic acids is 1. The van der Waals surface area contributed by atoms with Crippen LogP contribution in [0.3, 0.4) is 0 Å². The standard InChI is InChI=1S/C23H29NO9/c1-5-8-13-32-20-18(22(27)30-6-2)24(15-9-11-16(29-4)12-10-15)19(23(28)31-7-3)21(20)33-14-17(25)26/h9-12H,5-8,13-14H2,1-4H3,(H,25,26). The molecule has 1 aromatic carbocycles. The summed E-state index contributed by atoms with van der Waals surface area (Å²) in [4.78, 5) is 37.3. The average Bonchev–Trinajstić information content (AvgIpc) is 3.12. The normalized spacial score (nSPS) is 10.4. The molecular formula is C23H29NO9. The number of hydrogen-bond donors (Lipinski definition) is 1. The smallest absolute Gasteiger partial charge is 0.359 e. The Labute approximate surface area is 191 Å². The third-order valence-electron chi connectivity index (χ3n) is 4.44. The van der Waals surface area contributed by atoms with Gasteiger partial charge in [-0.2, -0.15) is 0 Å². The summed E-state index contributed by atoms with van der Waals surface area (Å²) in [5, 5.41) is 9.16. The lowest BCUT2D eigenvalue weighted by Crippen LogP contribution is -2.18. The zero-order chi connectivity index (χ0) is 24.4. The number of hydrogen-bond acceptors (Lipinski definition) is 8. The Bertz CT molecular complexity index is 963. The molecule has 33 heavy (non-hydrogen) atoms. The van der Waals surface area contributed by atoms with E-state index in [0.717, 1.165) is 6.42 Å². The zero-order valence-corrected chi connectivity index (χ0v) is 19.2. The number of carboxylic acid groups (broad SMARTS) is 1. The van der Waals surface area contributed by atoms with Crippen molar-refractivity contribution in [3.05, 3.63) is 35.7 Å². The van der Waals surface area contributed by atoms with Crippen LogP contribution in [0.4, 0.5) is 0 Å². The first-order chi connectivity index (χ1) is 15.9. The van der Waals surface area contributed by atoms with Crippen LogP contribution in [-0.2, 0) is 14.3 Å². The molecule has 1 aromatic heterocycles. The molecule has 0 unspecified atom stereocenters. The van der Waals surface area contributed by atoms with Gasteiger partial charge in [-0.05, 0) is 44.5 Å². The van der Waals surface area contributed by atoms with Crippen LogP contribution in [0.1, 0.15) is 54.6 Å². The molecule has 0 spiro atoms. The Morgan fingerprint density at radius 3 is 1.88 bits per heavy atom. The monoisotopic (exact) mass is 463 g/mol. The highest BCUT2D eigenvalue weighted by atomic mass is 16.6. The summed E-state index contributed by atoms with van der Waals surface area (Å²) < 4.78 is 28.2. The van der Waals surface area contributed by atoms with Gasteiger partial charge in [-0.1, -0.05) is 13.3 Å². The molecule has 0 fully saturated rings. The van der Waals surface area contributed by atoms with E-state index in [9.17, 15) is 14.4 Å². The van der Waals surface area contributed by atoms with Gasteiger partial charge < -0.3 is 28.8 Å². The van der Waals surface area contributed by atoms with Crippen molar-refractivity contribution in [3.8, 4) is 22.9 Å². The van der Waals surface area contributed by atoms with Gasteiger partial charge in [0.1, 0.15) is 5.75 Å². The van der Waals surface area contributed by atoms with Crippen LogP contribution in [-0.4, -0.2) is 61.1 Å². The molecule has 0 aliphatic carbocycles. The lowest BCUT2D eigenvalue weighted by Gasteiger charge is -2.13. The second kappa shape index (κ2) is 12.4. The molecule has 0 aliphatic heterocycles. The van der Waals surface area contributed by atoms with Crippen molar-refractivity contribution in [2.24, 2.45) is 0 Å². The second-order valence-corrected chi connectivity index (χ2v) is 6.71. The minimum Gasteiger partial charge on any atom is -0.497 e. The fraction of sp³-hybridized carbons (Fsp3) is 0.435. The Kier molecular flexibility index (Phi) is 9.59. The summed E-state index contributed by atoms with van der Waals surface area (Å²) in [6, 6.07) is 6.55. The van der Waals surface area contributed by atoms with Crippen LogP contribution >= 0.6 is 0 Å². The average molecular weight is 463 g/mol. The van der Waals surface area contributed by atoms with Gasteiger partial charge in [0.05, 0.1) is 26.9 Å². The van der Waals surface area contributed by atoms with Crippen molar-refractivity contribution in [2.75, 3.05) is 33.5 Å². The van der Waals surface area contributed by atoms with Crippen molar-refractivity contribution in [2.45, 2.75) is 33.6 Å². The van der Waals surface area contributed by atoms with E-state index in [1.54, 1.807) is 38.1 Å². The minimum absolute atomic E-state index is 0.0474.